The fourth-order valence-electron chi connectivity index (χ4n) is 2.39. The second kappa shape index (κ2) is 5.54. The van der Waals surface area contributed by atoms with E-state index in [0.29, 0.717) is 5.56 Å². The molecule has 1 amide bonds. The van der Waals surface area contributed by atoms with Gasteiger partial charge < -0.3 is 10.2 Å². The minimum absolute atomic E-state index is 0.123. The summed E-state index contributed by atoms with van der Waals surface area (Å²) in [6, 6.07) is 4.87. The maximum absolute atomic E-state index is 12.5. The van der Waals surface area contributed by atoms with E-state index in [4.69, 9.17) is 0 Å². The van der Waals surface area contributed by atoms with E-state index >= 15 is 0 Å². The Labute approximate surface area is 119 Å². The van der Waals surface area contributed by atoms with Crippen molar-refractivity contribution in [1.29, 1.82) is 0 Å². The minimum atomic E-state index is -3.30. The molecule has 1 atom stereocenters. The van der Waals surface area contributed by atoms with E-state index in [-0.39, 0.29) is 16.8 Å². The van der Waals surface area contributed by atoms with Crippen LogP contribution in [0.2, 0.25) is 0 Å². The Balaban J connectivity index is 2.33. The predicted octanol–water partition coefficient (Wildman–Crippen LogP) is 0.832. The van der Waals surface area contributed by atoms with Crippen molar-refractivity contribution in [2.24, 2.45) is 0 Å². The van der Waals surface area contributed by atoms with E-state index in [2.05, 4.69) is 5.32 Å². The molecule has 0 bridgehead atoms. The van der Waals surface area contributed by atoms with Crippen molar-refractivity contribution in [3.8, 4) is 0 Å². The average molecular weight is 296 g/mol. The lowest BCUT2D eigenvalue weighted by molar-refractivity contribution is 0.0743. The molecule has 6 heteroatoms. The lowest BCUT2D eigenvalue weighted by atomic mass is 10.1. The van der Waals surface area contributed by atoms with Crippen LogP contribution < -0.4 is 5.32 Å². The van der Waals surface area contributed by atoms with Crippen molar-refractivity contribution in [2.45, 2.75) is 24.3 Å². The van der Waals surface area contributed by atoms with Gasteiger partial charge in [-0.15, -0.1) is 0 Å². The summed E-state index contributed by atoms with van der Waals surface area (Å²) < 4.78 is 23.2. The van der Waals surface area contributed by atoms with Crippen molar-refractivity contribution >= 4 is 15.7 Å². The van der Waals surface area contributed by atoms with Gasteiger partial charge in [-0.25, -0.2) is 8.42 Å². The molecule has 1 aliphatic rings. The van der Waals surface area contributed by atoms with Gasteiger partial charge in [0.05, 0.1) is 4.90 Å². The molecular weight excluding hydrogens is 276 g/mol. The van der Waals surface area contributed by atoms with Gasteiger partial charge in [-0.3, -0.25) is 4.79 Å². The Kier molecular flexibility index (Phi) is 4.15. The molecule has 1 unspecified atom stereocenters. The fraction of sp³-hybridized carbons (Fsp3) is 0.500. The molecule has 1 fully saturated rings. The first-order valence-corrected chi connectivity index (χ1v) is 8.48. The Bertz CT molecular complexity index is 619. The number of carbonyl (C=O) groups is 1. The van der Waals surface area contributed by atoms with Crippen LogP contribution in [-0.2, 0) is 9.84 Å². The van der Waals surface area contributed by atoms with Crippen molar-refractivity contribution in [2.75, 3.05) is 26.4 Å². The van der Waals surface area contributed by atoms with Gasteiger partial charge in [0.25, 0.3) is 5.91 Å². The predicted molar refractivity (Wildman–Crippen MR) is 77.7 cm³/mol. The van der Waals surface area contributed by atoms with Crippen LogP contribution in [0.3, 0.4) is 0 Å². The minimum Gasteiger partial charge on any atom is -0.337 e. The second-order valence-electron chi connectivity index (χ2n) is 5.31. The molecule has 2 rings (SSSR count). The molecule has 1 aromatic rings. The average Bonchev–Trinajstić information content (AvgIpc) is 2.90. The van der Waals surface area contributed by atoms with Crippen LogP contribution in [0.15, 0.2) is 23.1 Å². The number of nitrogens with one attached hydrogen (secondary N) is 1. The molecule has 5 nitrogen and oxygen atoms in total. The summed E-state index contributed by atoms with van der Waals surface area (Å²) in [5, 5.41) is 3.22. The van der Waals surface area contributed by atoms with Crippen molar-refractivity contribution in [1.82, 2.24) is 10.2 Å². The van der Waals surface area contributed by atoms with Crippen LogP contribution in [0, 0.1) is 6.92 Å². The third-order valence-corrected chi connectivity index (χ3v) is 4.88. The normalized spacial score (nSPS) is 19.1. The highest BCUT2D eigenvalue weighted by Crippen LogP contribution is 2.19. The third-order valence-electron chi connectivity index (χ3n) is 3.77. The van der Waals surface area contributed by atoms with Gasteiger partial charge in [-0.05, 0) is 37.6 Å². The van der Waals surface area contributed by atoms with Crippen molar-refractivity contribution in [3.63, 3.8) is 0 Å². The zero-order chi connectivity index (χ0) is 14.9. The number of likely N-dealkylation sites (N-methyl/N-ethyl adjacent to an activating group) is 1. The van der Waals surface area contributed by atoms with Crippen LogP contribution in [-0.4, -0.2) is 51.7 Å². The Hall–Kier alpha value is -1.40. The first kappa shape index (κ1) is 15.0. The molecule has 0 aliphatic carbocycles. The summed E-state index contributed by atoms with van der Waals surface area (Å²) in [5.41, 5.74) is 1.25. The molecule has 0 spiro atoms. The number of carbonyl (C=O) groups excluding carboxylic acids is 1. The number of rotatable bonds is 3. The molecule has 110 valence electrons. The molecule has 0 aromatic heterocycles. The summed E-state index contributed by atoms with van der Waals surface area (Å²) >= 11 is 0. The van der Waals surface area contributed by atoms with E-state index in [1.165, 1.54) is 6.07 Å². The van der Waals surface area contributed by atoms with Crippen LogP contribution in [0.25, 0.3) is 0 Å². The van der Waals surface area contributed by atoms with Crippen molar-refractivity contribution in [3.05, 3.63) is 29.3 Å². The molecule has 1 heterocycles. The number of amides is 1. The monoisotopic (exact) mass is 296 g/mol. The summed E-state index contributed by atoms with van der Waals surface area (Å²) in [6.45, 7) is 3.51. The van der Waals surface area contributed by atoms with E-state index < -0.39 is 9.84 Å². The number of sulfone groups is 1. The number of hydrogen-bond acceptors (Lipinski definition) is 4. The lowest BCUT2D eigenvalue weighted by Gasteiger charge is -2.24. The van der Waals surface area contributed by atoms with Gasteiger partial charge in [0.1, 0.15) is 0 Å². The first-order chi connectivity index (χ1) is 9.30. The molecule has 1 aliphatic heterocycles. The van der Waals surface area contributed by atoms with Gasteiger partial charge >= 0.3 is 0 Å². The Morgan fingerprint density at radius 1 is 1.40 bits per heavy atom. The van der Waals surface area contributed by atoms with Gasteiger partial charge in [0.15, 0.2) is 9.84 Å². The number of aryl methyl sites for hydroxylation is 1. The molecule has 0 radical (unpaired) electrons. The summed E-state index contributed by atoms with van der Waals surface area (Å²) in [4.78, 5) is 14.4. The van der Waals surface area contributed by atoms with Crippen LogP contribution in [0.4, 0.5) is 0 Å². The number of hydrogen-bond donors (Lipinski definition) is 1. The van der Waals surface area contributed by atoms with E-state index in [0.717, 1.165) is 31.3 Å². The molecule has 0 saturated carbocycles. The molecule has 1 N–H and O–H groups in total. The Morgan fingerprint density at radius 2 is 2.10 bits per heavy atom. The maximum atomic E-state index is 12.5. The highest BCUT2D eigenvalue weighted by molar-refractivity contribution is 7.90. The van der Waals surface area contributed by atoms with E-state index in [1.54, 1.807) is 24.1 Å². The van der Waals surface area contributed by atoms with E-state index in [9.17, 15) is 13.2 Å². The topological polar surface area (TPSA) is 66.5 Å². The molecular formula is C14H20N2O3S. The zero-order valence-electron chi connectivity index (χ0n) is 12.0. The summed E-state index contributed by atoms with van der Waals surface area (Å²) in [6.07, 6.45) is 2.07. The maximum Gasteiger partial charge on any atom is 0.254 e. The smallest absolute Gasteiger partial charge is 0.254 e. The lowest BCUT2D eigenvalue weighted by Crippen LogP contribution is -2.38. The largest absolute Gasteiger partial charge is 0.337 e. The van der Waals surface area contributed by atoms with Crippen LogP contribution in [0.5, 0.6) is 0 Å². The van der Waals surface area contributed by atoms with Crippen LogP contribution in [0.1, 0.15) is 22.3 Å². The van der Waals surface area contributed by atoms with E-state index in [1.807, 2.05) is 6.92 Å². The van der Waals surface area contributed by atoms with Gasteiger partial charge in [-0.1, -0.05) is 6.07 Å². The quantitative estimate of drug-likeness (QED) is 0.897. The van der Waals surface area contributed by atoms with Crippen LogP contribution >= 0.6 is 0 Å². The van der Waals surface area contributed by atoms with Gasteiger partial charge in [0, 0.05) is 31.5 Å². The Morgan fingerprint density at radius 3 is 2.65 bits per heavy atom. The molecule has 1 saturated heterocycles. The van der Waals surface area contributed by atoms with Crippen molar-refractivity contribution < 1.29 is 13.2 Å². The highest BCUT2D eigenvalue weighted by Gasteiger charge is 2.25. The SMILES string of the molecule is Cc1ccc(S(C)(=O)=O)cc1C(=O)N(C)C1CCNC1. The van der Waals surface area contributed by atoms with Gasteiger partial charge in [0.2, 0.25) is 0 Å². The number of nitrogens with zero attached hydrogens (tertiary/aromatic N) is 1. The summed E-state index contributed by atoms with van der Waals surface area (Å²) in [7, 11) is -1.53. The number of benzene rings is 1. The second-order valence-corrected chi connectivity index (χ2v) is 7.33. The summed E-state index contributed by atoms with van der Waals surface area (Å²) in [5.74, 6) is -0.123. The fourth-order valence-corrected chi connectivity index (χ4v) is 3.04. The zero-order valence-corrected chi connectivity index (χ0v) is 12.8. The molecule has 1 aromatic carbocycles. The first-order valence-electron chi connectivity index (χ1n) is 6.59. The van der Waals surface area contributed by atoms with Gasteiger partial charge in [-0.2, -0.15) is 0 Å². The standard InChI is InChI=1S/C14H20N2O3S/c1-10-4-5-12(20(3,18)19)8-13(10)14(17)16(2)11-6-7-15-9-11/h4-5,8,11,15H,6-7,9H2,1-3H3. The highest BCUT2D eigenvalue weighted by atomic mass is 32.2. The molecule has 20 heavy (non-hydrogen) atoms. The third kappa shape index (κ3) is 3.02.